The fourth-order valence-corrected chi connectivity index (χ4v) is 4.82. The third-order valence-corrected chi connectivity index (χ3v) is 7.04. The summed E-state index contributed by atoms with van der Waals surface area (Å²) in [4.78, 5) is 12.5. The minimum absolute atomic E-state index is 0.163. The lowest BCUT2D eigenvalue weighted by Gasteiger charge is -2.26. The molecule has 0 aromatic heterocycles. The Hall–Kier alpha value is -1.90. The van der Waals surface area contributed by atoms with Gasteiger partial charge in [0.25, 0.3) is 5.91 Å². The first-order valence-corrected chi connectivity index (χ1v) is 11.4. The Kier molecular flexibility index (Phi) is 6.74. The van der Waals surface area contributed by atoms with E-state index in [1.54, 1.807) is 24.3 Å². The average Bonchev–Trinajstić information content (AvgIpc) is 2.70. The van der Waals surface area contributed by atoms with Crippen molar-refractivity contribution in [2.24, 2.45) is 0 Å². The lowest BCUT2D eigenvalue weighted by Crippen LogP contribution is -2.35. The zero-order valence-corrected chi connectivity index (χ0v) is 18.1. The average molecular weight is 467 g/mol. The third kappa shape index (κ3) is 5.12. The summed E-state index contributed by atoms with van der Waals surface area (Å²) in [6.45, 7) is 2.74. The van der Waals surface area contributed by atoms with Crippen molar-refractivity contribution in [3.63, 3.8) is 0 Å². The number of hydrogen-bond donors (Lipinski definition) is 1. The fraction of sp³-hybridized carbons (Fsp3) is 0.350. The topological polar surface area (TPSA) is 75.7 Å². The number of piperidine rings is 1. The fourth-order valence-electron chi connectivity index (χ4n) is 3.02. The number of ether oxygens (including phenoxy) is 1. The van der Waals surface area contributed by atoms with E-state index in [2.05, 4.69) is 21.2 Å². The zero-order chi connectivity index (χ0) is 20.1. The molecule has 1 fully saturated rings. The van der Waals surface area contributed by atoms with Crippen molar-refractivity contribution in [2.75, 3.05) is 25.0 Å². The van der Waals surface area contributed by atoms with Gasteiger partial charge in [-0.2, -0.15) is 4.31 Å². The highest BCUT2D eigenvalue weighted by atomic mass is 79.9. The molecule has 0 aliphatic carbocycles. The van der Waals surface area contributed by atoms with Gasteiger partial charge in [0, 0.05) is 23.2 Å². The number of carbonyl (C=O) groups excluding carboxylic acids is 1. The summed E-state index contributed by atoms with van der Waals surface area (Å²) < 4.78 is 33.6. The van der Waals surface area contributed by atoms with Gasteiger partial charge >= 0.3 is 0 Å². The van der Waals surface area contributed by atoms with Gasteiger partial charge in [-0.15, -0.1) is 0 Å². The number of rotatable bonds is 6. The van der Waals surface area contributed by atoms with E-state index in [4.69, 9.17) is 4.74 Å². The second-order valence-corrected chi connectivity index (χ2v) is 9.59. The molecule has 0 unspecified atom stereocenters. The van der Waals surface area contributed by atoms with Gasteiger partial charge in [0.2, 0.25) is 10.0 Å². The third-order valence-electron chi connectivity index (χ3n) is 4.62. The van der Waals surface area contributed by atoms with E-state index >= 15 is 0 Å². The minimum Gasteiger partial charge on any atom is -0.484 e. The van der Waals surface area contributed by atoms with E-state index in [1.165, 1.54) is 10.4 Å². The van der Waals surface area contributed by atoms with Crippen molar-refractivity contribution < 1.29 is 17.9 Å². The van der Waals surface area contributed by atoms with Gasteiger partial charge in [-0.25, -0.2) is 8.42 Å². The molecule has 2 aromatic rings. The van der Waals surface area contributed by atoms with Crippen LogP contribution in [0.25, 0.3) is 0 Å². The Labute approximate surface area is 174 Å². The number of amides is 1. The van der Waals surface area contributed by atoms with Crippen molar-refractivity contribution in [1.29, 1.82) is 0 Å². The van der Waals surface area contributed by atoms with Crippen LogP contribution in [0.1, 0.15) is 24.8 Å². The standard InChI is InChI=1S/C20H23BrN2O4S/c1-15-5-10-18(28(25,26)23-11-3-2-4-12-23)13-19(15)22-20(24)14-27-17-8-6-16(21)7-9-17/h5-10,13H,2-4,11-12,14H2,1H3,(H,22,24). The van der Waals surface area contributed by atoms with Gasteiger partial charge in [0.1, 0.15) is 5.75 Å². The molecule has 0 atom stereocenters. The van der Waals surface area contributed by atoms with E-state index in [-0.39, 0.29) is 17.4 Å². The van der Waals surface area contributed by atoms with Gasteiger partial charge in [0.05, 0.1) is 4.90 Å². The van der Waals surface area contributed by atoms with Crippen molar-refractivity contribution >= 4 is 37.5 Å². The molecule has 1 aliphatic heterocycles. The maximum atomic E-state index is 12.9. The number of benzene rings is 2. The van der Waals surface area contributed by atoms with Gasteiger partial charge in [0.15, 0.2) is 6.61 Å². The predicted molar refractivity (Wildman–Crippen MR) is 112 cm³/mol. The number of hydrogen-bond acceptors (Lipinski definition) is 4. The van der Waals surface area contributed by atoms with Crippen LogP contribution in [0.15, 0.2) is 51.8 Å². The van der Waals surface area contributed by atoms with Crippen LogP contribution in [0.4, 0.5) is 5.69 Å². The Bertz CT molecular complexity index is 939. The largest absolute Gasteiger partial charge is 0.484 e. The molecule has 6 nitrogen and oxygen atoms in total. The molecular weight excluding hydrogens is 444 g/mol. The summed E-state index contributed by atoms with van der Waals surface area (Å²) in [5.74, 6) is 0.232. The van der Waals surface area contributed by atoms with Crippen molar-refractivity contribution in [2.45, 2.75) is 31.1 Å². The molecule has 1 aliphatic rings. The summed E-state index contributed by atoms with van der Waals surface area (Å²) in [7, 11) is -3.55. The lowest BCUT2D eigenvalue weighted by molar-refractivity contribution is -0.118. The molecule has 8 heteroatoms. The predicted octanol–water partition coefficient (Wildman–Crippen LogP) is 3.95. The van der Waals surface area contributed by atoms with Gasteiger partial charge in [-0.05, 0) is 61.7 Å². The van der Waals surface area contributed by atoms with Crippen LogP contribution in [0.3, 0.4) is 0 Å². The molecule has 3 rings (SSSR count). The molecule has 0 bridgehead atoms. The quantitative estimate of drug-likeness (QED) is 0.698. The number of anilines is 1. The SMILES string of the molecule is Cc1ccc(S(=O)(=O)N2CCCCC2)cc1NC(=O)COc1ccc(Br)cc1. The minimum atomic E-state index is -3.55. The van der Waals surface area contributed by atoms with Crippen LogP contribution in [-0.4, -0.2) is 38.3 Å². The maximum absolute atomic E-state index is 12.9. The van der Waals surface area contributed by atoms with Crippen LogP contribution in [0.2, 0.25) is 0 Å². The number of carbonyl (C=O) groups is 1. The summed E-state index contributed by atoms with van der Waals surface area (Å²) in [5.41, 5.74) is 1.26. The zero-order valence-electron chi connectivity index (χ0n) is 15.7. The second kappa shape index (κ2) is 9.07. The highest BCUT2D eigenvalue weighted by Crippen LogP contribution is 2.25. The van der Waals surface area contributed by atoms with Crippen LogP contribution in [-0.2, 0) is 14.8 Å². The van der Waals surface area contributed by atoms with E-state index in [0.717, 1.165) is 29.3 Å². The first-order chi connectivity index (χ1) is 13.4. The molecule has 1 heterocycles. The molecule has 1 N–H and O–H groups in total. The van der Waals surface area contributed by atoms with Crippen LogP contribution >= 0.6 is 15.9 Å². The Morgan fingerprint density at radius 1 is 1.11 bits per heavy atom. The normalized spacial score (nSPS) is 15.2. The number of aryl methyl sites for hydroxylation is 1. The number of sulfonamides is 1. The molecule has 2 aromatic carbocycles. The Balaban J connectivity index is 1.68. The summed E-state index contributed by atoms with van der Waals surface area (Å²) in [5, 5.41) is 2.75. The smallest absolute Gasteiger partial charge is 0.262 e. The first-order valence-electron chi connectivity index (χ1n) is 9.15. The van der Waals surface area contributed by atoms with Crippen molar-refractivity contribution in [1.82, 2.24) is 4.31 Å². The molecule has 1 amide bonds. The second-order valence-electron chi connectivity index (χ2n) is 6.73. The van der Waals surface area contributed by atoms with E-state index < -0.39 is 10.0 Å². The maximum Gasteiger partial charge on any atom is 0.262 e. The highest BCUT2D eigenvalue weighted by Gasteiger charge is 2.26. The van der Waals surface area contributed by atoms with E-state index in [9.17, 15) is 13.2 Å². The summed E-state index contributed by atoms with van der Waals surface area (Å²) in [6.07, 6.45) is 2.81. The van der Waals surface area contributed by atoms with Crippen molar-refractivity contribution in [3.8, 4) is 5.75 Å². The highest BCUT2D eigenvalue weighted by molar-refractivity contribution is 9.10. The number of halogens is 1. The molecule has 0 saturated carbocycles. The Morgan fingerprint density at radius 2 is 1.79 bits per heavy atom. The van der Waals surface area contributed by atoms with Crippen LogP contribution < -0.4 is 10.1 Å². The molecule has 150 valence electrons. The monoisotopic (exact) mass is 466 g/mol. The van der Waals surface area contributed by atoms with E-state index in [0.29, 0.717) is 24.5 Å². The van der Waals surface area contributed by atoms with Gasteiger partial charge in [-0.3, -0.25) is 4.79 Å². The molecule has 0 radical (unpaired) electrons. The van der Waals surface area contributed by atoms with Crippen LogP contribution in [0.5, 0.6) is 5.75 Å². The van der Waals surface area contributed by atoms with Gasteiger partial charge < -0.3 is 10.1 Å². The van der Waals surface area contributed by atoms with Crippen molar-refractivity contribution in [3.05, 3.63) is 52.5 Å². The molecule has 0 spiro atoms. The summed E-state index contributed by atoms with van der Waals surface area (Å²) in [6, 6.07) is 12.0. The van der Waals surface area contributed by atoms with E-state index in [1.807, 2.05) is 19.1 Å². The number of nitrogens with zero attached hydrogens (tertiary/aromatic N) is 1. The molecule has 28 heavy (non-hydrogen) atoms. The summed E-state index contributed by atoms with van der Waals surface area (Å²) >= 11 is 3.34. The number of nitrogens with one attached hydrogen (secondary N) is 1. The first kappa shape index (κ1) is 20.8. The van der Waals surface area contributed by atoms with Crippen LogP contribution in [0, 0.1) is 6.92 Å². The molecule has 1 saturated heterocycles. The lowest BCUT2D eigenvalue weighted by atomic mass is 10.2. The Morgan fingerprint density at radius 3 is 2.46 bits per heavy atom. The molecular formula is C20H23BrN2O4S. The van der Waals surface area contributed by atoms with Gasteiger partial charge in [-0.1, -0.05) is 28.4 Å².